The molecule has 0 atom stereocenters. The van der Waals surface area contributed by atoms with Gasteiger partial charge in [-0.15, -0.1) is 0 Å². The Morgan fingerprint density at radius 3 is 2.47 bits per heavy atom. The van der Waals surface area contributed by atoms with Crippen LogP contribution in [0.2, 0.25) is 0 Å². The van der Waals surface area contributed by atoms with Gasteiger partial charge >= 0.3 is 5.97 Å². The van der Waals surface area contributed by atoms with Crippen molar-refractivity contribution < 1.29 is 14.3 Å². The summed E-state index contributed by atoms with van der Waals surface area (Å²) in [5, 5.41) is 0. The highest BCUT2D eigenvalue weighted by molar-refractivity contribution is 6.07. The van der Waals surface area contributed by atoms with E-state index in [9.17, 15) is 4.79 Å². The second-order valence-electron chi connectivity index (χ2n) is 6.87. The molecular weight excluding hydrogens is 374 g/mol. The average molecular weight is 395 g/mol. The Morgan fingerprint density at radius 1 is 0.933 bits per heavy atom. The largest absolute Gasteiger partial charge is 0.466 e. The van der Waals surface area contributed by atoms with E-state index in [2.05, 4.69) is 6.07 Å². The summed E-state index contributed by atoms with van der Waals surface area (Å²) in [6.45, 7) is 2.03. The summed E-state index contributed by atoms with van der Waals surface area (Å²) in [7, 11) is 1.36. The molecule has 0 bridgehead atoms. The summed E-state index contributed by atoms with van der Waals surface area (Å²) in [5.41, 5.74) is 5.38. The first-order chi connectivity index (χ1) is 14.7. The molecule has 0 saturated carbocycles. The van der Waals surface area contributed by atoms with Crippen LogP contribution in [-0.4, -0.2) is 19.0 Å². The maximum atomic E-state index is 11.8. The van der Waals surface area contributed by atoms with Gasteiger partial charge in [0.1, 0.15) is 5.76 Å². The number of rotatable bonds is 4. The molecule has 30 heavy (non-hydrogen) atoms. The number of ether oxygens (including phenoxy) is 2. The third-order valence-electron chi connectivity index (χ3n) is 4.75. The Balaban J connectivity index is 1.94. The van der Waals surface area contributed by atoms with Gasteiger partial charge in [-0.2, -0.15) is 0 Å². The zero-order valence-electron chi connectivity index (χ0n) is 16.8. The molecule has 0 aliphatic carbocycles. The summed E-state index contributed by atoms with van der Waals surface area (Å²) < 4.78 is 11.1. The van der Waals surface area contributed by atoms with Crippen molar-refractivity contribution in [3.63, 3.8) is 0 Å². The van der Waals surface area contributed by atoms with E-state index in [1.807, 2.05) is 79.7 Å². The lowest BCUT2D eigenvalue weighted by atomic mass is 9.97. The first kappa shape index (κ1) is 19.4. The number of aliphatic imine (C=N–C) groups is 1. The van der Waals surface area contributed by atoms with Gasteiger partial charge in [-0.05, 0) is 42.8 Å². The smallest absolute Gasteiger partial charge is 0.330 e. The van der Waals surface area contributed by atoms with E-state index in [-0.39, 0.29) is 0 Å². The number of carbonyl (C=O) groups excluding carboxylic acids is 1. The Labute approximate surface area is 175 Å². The molecule has 0 N–H and O–H groups in total. The van der Waals surface area contributed by atoms with Crippen LogP contribution in [0.15, 0.2) is 96.0 Å². The molecular formula is C26H21NO3. The van der Waals surface area contributed by atoms with Gasteiger partial charge in [-0.3, -0.25) is 0 Å². The molecule has 0 unspecified atom stereocenters. The van der Waals surface area contributed by atoms with E-state index in [4.69, 9.17) is 14.5 Å². The van der Waals surface area contributed by atoms with E-state index in [1.54, 1.807) is 6.08 Å². The standard InChI is InChI=1S/C26H21NO3/c1-18-9-8-12-20(17-18)21(15-16-24(28)29-2)25-22-13-6-7-14-23(22)27-26(30-25)19-10-4-3-5-11-19/h3-17H,1-2H3/b16-15+,25-21-. The minimum Gasteiger partial charge on any atom is -0.466 e. The number of esters is 1. The molecule has 0 spiro atoms. The van der Waals surface area contributed by atoms with Crippen molar-refractivity contribution >= 4 is 28.9 Å². The highest BCUT2D eigenvalue weighted by Gasteiger charge is 2.23. The molecule has 1 aliphatic rings. The van der Waals surface area contributed by atoms with Gasteiger partial charge in [0.05, 0.1) is 12.8 Å². The lowest BCUT2D eigenvalue weighted by Gasteiger charge is -2.22. The SMILES string of the molecule is COC(=O)/C=C/C(=C1/OC(c2ccccc2)=Nc2ccccc21)c1cccc(C)c1. The van der Waals surface area contributed by atoms with E-state index < -0.39 is 5.97 Å². The monoisotopic (exact) mass is 395 g/mol. The summed E-state index contributed by atoms with van der Waals surface area (Å²) in [4.78, 5) is 16.5. The number of allylic oxidation sites excluding steroid dienone is 2. The number of benzene rings is 3. The first-order valence-corrected chi connectivity index (χ1v) is 9.64. The maximum Gasteiger partial charge on any atom is 0.330 e. The third kappa shape index (κ3) is 4.08. The third-order valence-corrected chi connectivity index (χ3v) is 4.75. The second-order valence-corrected chi connectivity index (χ2v) is 6.87. The van der Waals surface area contributed by atoms with E-state index in [1.165, 1.54) is 13.2 Å². The number of fused-ring (bicyclic) bond motifs is 1. The lowest BCUT2D eigenvalue weighted by molar-refractivity contribution is -0.134. The van der Waals surface area contributed by atoms with E-state index >= 15 is 0 Å². The Bertz CT molecular complexity index is 1170. The molecule has 0 radical (unpaired) electrons. The second kappa shape index (κ2) is 8.62. The van der Waals surface area contributed by atoms with Gasteiger partial charge in [0, 0.05) is 22.8 Å². The number of para-hydroxylation sites is 1. The molecule has 3 aromatic rings. The van der Waals surface area contributed by atoms with Gasteiger partial charge in [0.2, 0.25) is 5.90 Å². The summed E-state index contributed by atoms with van der Waals surface area (Å²) >= 11 is 0. The van der Waals surface area contributed by atoms with Crippen LogP contribution in [0.25, 0.3) is 11.3 Å². The minimum absolute atomic E-state index is 0.429. The topological polar surface area (TPSA) is 47.9 Å². The summed E-state index contributed by atoms with van der Waals surface area (Å²) in [6.07, 6.45) is 3.14. The molecule has 0 amide bonds. The zero-order chi connectivity index (χ0) is 20.9. The van der Waals surface area contributed by atoms with Crippen molar-refractivity contribution in [2.24, 2.45) is 4.99 Å². The molecule has 3 aromatic carbocycles. The first-order valence-electron chi connectivity index (χ1n) is 9.64. The molecule has 0 fully saturated rings. The minimum atomic E-state index is -0.429. The van der Waals surface area contributed by atoms with Crippen LogP contribution in [0.5, 0.6) is 0 Å². The Morgan fingerprint density at radius 2 is 1.70 bits per heavy atom. The highest BCUT2D eigenvalue weighted by atomic mass is 16.5. The van der Waals surface area contributed by atoms with Crippen molar-refractivity contribution in [3.8, 4) is 0 Å². The van der Waals surface area contributed by atoms with Gasteiger partial charge < -0.3 is 9.47 Å². The van der Waals surface area contributed by atoms with Crippen LogP contribution in [0, 0.1) is 6.92 Å². The Hall–Kier alpha value is -3.92. The number of hydrogen-bond acceptors (Lipinski definition) is 4. The van der Waals surface area contributed by atoms with Gasteiger partial charge in [0.25, 0.3) is 0 Å². The summed E-state index contributed by atoms with van der Waals surface area (Å²) in [5.74, 6) is 0.730. The quantitative estimate of drug-likeness (QED) is 0.420. The van der Waals surface area contributed by atoms with E-state index in [0.29, 0.717) is 11.7 Å². The number of methoxy groups -OCH3 is 1. The van der Waals surface area contributed by atoms with Gasteiger partial charge in [0.15, 0.2) is 0 Å². The average Bonchev–Trinajstić information content (AvgIpc) is 2.79. The van der Waals surface area contributed by atoms with Crippen molar-refractivity contribution in [2.45, 2.75) is 6.92 Å². The Kier molecular flexibility index (Phi) is 5.57. The van der Waals surface area contributed by atoms with Crippen LogP contribution >= 0.6 is 0 Å². The van der Waals surface area contributed by atoms with Gasteiger partial charge in [-0.25, -0.2) is 9.79 Å². The van der Waals surface area contributed by atoms with Crippen LogP contribution < -0.4 is 0 Å². The molecule has 1 aliphatic heterocycles. The predicted octanol–water partition coefficient (Wildman–Crippen LogP) is 5.70. The van der Waals surface area contributed by atoms with Crippen LogP contribution in [0.3, 0.4) is 0 Å². The summed E-state index contributed by atoms with van der Waals surface area (Å²) in [6, 6.07) is 25.7. The van der Waals surface area contributed by atoms with E-state index in [0.717, 1.165) is 33.5 Å². The van der Waals surface area contributed by atoms with Crippen molar-refractivity contribution in [2.75, 3.05) is 7.11 Å². The molecule has 0 saturated heterocycles. The van der Waals surface area contributed by atoms with Crippen molar-refractivity contribution in [3.05, 3.63) is 113 Å². The van der Waals surface area contributed by atoms with Gasteiger partial charge in [-0.1, -0.05) is 60.2 Å². The zero-order valence-corrected chi connectivity index (χ0v) is 16.8. The molecule has 4 nitrogen and oxygen atoms in total. The molecule has 148 valence electrons. The predicted molar refractivity (Wildman–Crippen MR) is 119 cm³/mol. The maximum absolute atomic E-state index is 11.8. The lowest BCUT2D eigenvalue weighted by Crippen LogP contribution is -2.12. The normalized spacial score (nSPS) is 14.5. The van der Waals surface area contributed by atoms with Crippen molar-refractivity contribution in [1.29, 1.82) is 0 Å². The number of nitrogens with zero attached hydrogens (tertiary/aromatic N) is 1. The number of carbonyl (C=O) groups is 1. The fourth-order valence-electron chi connectivity index (χ4n) is 3.29. The van der Waals surface area contributed by atoms with Crippen molar-refractivity contribution in [1.82, 2.24) is 0 Å². The fourth-order valence-corrected chi connectivity index (χ4v) is 3.29. The molecule has 4 rings (SSSR count). The molecule has 1 heterocycles. The highest BCUT2D eigenvalue weighted by Crippen LogP contribution is 2.38. The molecule has 0 aromatic heterocycles. The number of hydrogen-bond donors (Lipinski definition) is 0. The molecule has 4 heteroatoms. The van der Waals surface area contributed by atoms with Crippen LogP contribution in [0.4, 0.5) is 5.69 Å². The fraction of sp³-hybridized carbons (Fsp3) is 0.0769. The van der Waals surface area contributed by atoms with Crippen LogP contribution in [0.1, 0.15) is 22.3 Å². The van der Waals surface area contributed by atoms with Crippen LogP contribution in [-0.2, 0) is 14.3 Å². The number of aryl methyl sites for hydroxylation is 1.